The minimum atomic E-state index is 0.561. The Bertz CT molecular complexity index is 578. The molecule has 0 bridgehead atoms. The van der Waals surface area contributed by atoms with Gasteiger partial charge in [-0.2, -0.15) is 0 Å². The lowest BCUT2D eigenvalue weighted by Gasteiger charge is -2.16. The van der Waals surface area contributed by atoms with E-state index in [1.165, 1.54) is 22.3 Å². The number of benzene rings is 2. The van der Waals surface area contributed by atoms with E-state index in [4.69, 9.17) is 0 Å². The summed E-state index contributed by atoms with van der Waals surface area (Å²) >= 11 is 0. The Labute approximate surface area is 130 Å². The second-order valence-corrected chi connectivity index (χ2v) is 6.83. The molecule has 0 aromatic heterocycles. The van der Waals surface area contributed by atoms with E-state index in [0.717, 1.165) is 6.42 Å². The van der Waals surface area contributed by atoms with E-state index in [-0.39, 0.29) is 0 Å². The van der Waals surface area contributed by atoms with Crippen LogP contribution in [-0.2, 0) is 6.42 Å². The van der Waals surface area contributed by atoms with Gasteiger partial charge in [-0.15, -0.1) is 0 Å². The summed E-state index contributed by atoms with van der Waals surface area (Å²) in [6, 6.07) is 18.1. The van der Waals surface area contributed by atoms with Crippen LogP contribution in [0.1, 0.15) is 74.6 Å². The zero-order valence-corrected chi connectivity index (χ0v) is 14.1. The molecule has 0 aliphatic heterocycles. The first-order valence-electron chi connectivity index (χ1n) is 8.16. The maximum Gasteiger partial charge on any atom is -0.0150 e. The first-order valence-corrected chi connectivity index (χ1v) is 8.16. The molecular weight excluding hydrogens is 252 g/mol. The molecule has 2 aromatic carbocycles. The highest BCUT2D eigenvalue weighted by molar-refractivity contribution is 5.31. The van der Waals surface area contributed by atoms with E-state index in [0.29, 0.717) is 17.8 Å². The molecule has 0 aliphatic rings. The van der Waals surface area contributed by atoms with E-state index >= 15 is 0 Å². The topological polar surface area (TPSA) is 0 Å². The molecule has 112 valence electrons. The van der Waals surface area contributed by atoms with Gasteiger partial charge in [0.25, 0.3) is 0 Å². The van der Waals surface area contributed by atoms with Crippen LogP contribution in [0.25, 0.3) is 0 Å². The molecule has 0 heteroatoms. The van der Waals surface area contributed by atoms with Crippen LogP contribution in [0.3, 0.4) is 0 Å². The van der Waals surface area contributed by atoms with Crippen molar-refractivity contribution in [3.8, 4) is 0 Å². The monoisotopic (exact) mass is 280 g/mol. The Balaban J connectivity index is 2.16. The van der Waals surface area contributed by atoms with Crippen molar-refractivity contribution < 1.29 is 0 Å². The summed E-state index contributed by atoms with van der Waals surface area (Å²) in [4.78, 5) is 0. The second-order valence-electron chi connectivity index (χ2n) is 6.83. The van der Waals surface area contributed by atoms with Gasteiger partial charge in [0, 0.05) is 0 Å². The smallest absolute Gasteiger partial charge is 0.0150 e. The fourth-order valence-corrected chi connectivity index (χ4v) is 2.78. The summed E-state index contributed by atoms with van der Waals surface area (Å²) in [7, 11) is 0. The van der Waals surface area contributed by atoms with Crippen LogP contribution in [0.4, 0.5) is 0 Å². The van der Waals surface area contributed by atoms with Gasteiger partial charge in [0.05, 0.1) is 0 Å². The summed E-state index contributed by atoms with van der Waals surface area (Å²) in [5, 5.41) is 0. The van der Waals surface area contributed by atoms with E-state index in [1.54, 1.807) is 0 Å². The highest BCUT2D eigenvalue weighted by Gasteiger charge is 2.09. The van der Waals surface area contributed by atoms with Gasteiger partial charge >= 0.3 is 0 Å². The molecule has 1 unspecified atom stereocenters. The SMILES string of the molecule is CC(C)c1cccc(CC(C)c2cccc(C(C)C)c2)c1. The van der Waals surface area contributed by atoms with Gasteiger partial charge in [0.1, 0.15) is 0 Å². The van der Waals surface area contributed by atoms with E-state index < -0.39 is 0 Å². The summed E-state index contributed by atoms with van der Waals surface area (Å²) in [5.74, 6) is 1.76. The summed E-state index contributed by atoms with van der Waals surface area (Å²) in [6.07, 6.45) is 1.11. The molecular formula is C21H28. The van der Waals surface area contributed by atoms with Crippen molar-refractivity contribution in [1.82, 2.24) is 0 Å². The lowest BCUT2D eigenvalue weighted by atomic mass is 9.89. The van der Waals surface area contributed by atoms with Gasteiger partial charge < -0.3 is 0 Å². The Morgan fingerprint density at radius 3 is 1.81 bits per heavy atom. The van der Waals surface area contributed by atoms with Crippen LogP contribution in [0.15, 0.2) is 48.5 Å². The third-order valence-electron chi connectivity index (χ3n) is 4.31. The van der Waals surface area contributed by atoms with Crippen LogP contribution in [0, 0.1) is 0 Å². The van der Waals surface area contributed by atoms with Crippen molar-refractivity contribution in [2.45, 2.75) is 58.8 Å². The van der Waals surface area contributed by atoms with Crippen molar-refractivity contribution in [2.75, 3.05) is 0 Å². The summed E-state index contributed by atoms with van der Waals surface area (Å²) in [6.45, 7) is 11.4. The molecule has 0 saturated heterocycles. The first kappa shape index (κ1) is 15.8. The summed E-state index contributed by atoms with van der Waals surface area (Å²) in [5.41, 5.74) is 5.78. The highest BCUT2D eigenvalue weighted by Crippen LogP contribution is 2.25. The Hall–Kier alpha value is -1.56. The normalized spacial score (nSPS) is 12.9. The average molecular weight is 280 g/mol. The van der Waals surface area contributed by atoms with Gasteiger partial charge in [-0.3, -0.25) is 0 Å². The lowest BCUT2D eigenvalue weighted by molar-refractivity contribution is 0.749. The molecule has 1 atom stereocenters. The highest BCUT2D eigenvalue weighted by atomic mass is 14.1. The van der Waals surface area contributed by atoms with Crippen molar-refractivity contribution >= 4 is 0 Å². The molecule has 0 nitrogen and oxygen atoms in total. The third kappa shape index (κ3) is 4.20. The van der Waals surface area contributed by atoms with Crippen molar-refractivity contribution in [2.24, 2.45) is 0 Å². The third-order valence-corrected chi connectivity index (χ3v) is 4.31. The van der Waals surface area contributed by atoms with Crippen LogP contribution < -0.4 is 0 Å². The van der Waals surface area contributed by atoms with Crippen molar-refractivity contribution in [3.05, 3.63) is 70.8 Å². The van der Waals surface area contributed by atoms with E-state index in [9.17, 15) is 0 Å². The standard InChI is InChI=1S/C21H28/c1-15(2)19-9-6-8-18(13-19)12-17(5)21-11-7-10-20(14-21)16(3)4/h6-11,13-17H,12H2,1-5H3. The minimum absolute atomic E-state index is 0.561. The maximum atomic E-state index is 2.38. The van der Waals surface area contributed by atoms with Gasteiger partial charge in [-0.25, -0.2) is 0 Å². The number of hydrogen-bond donors (Lipinski definition) is 0. The fourth-order valence-electron chi connectivity index (χ4n) is 2.78. The molecule has 0 saturated carbocycles. The predicted octanol–water partition coefficient (Wildman–Crippen LogP) is 6.28. The Morgan fingerprint density at radius 1 is 0.667 bits per heavy atom. The second kappa shape index (κ2) is 6.93. The molecule has 0 aliphatic carbocycles. The Kier molecular flexibility index (Phi) is 5.22. The Morgan fingerprint density at radius 2 is 1.19 bits per heavy atom. The van der Waals surface area contributed by atoms with Crippen LogP contribution in [0.5, 0.6) is 0 Å². The van der Waals surface area contributed by atoms with Crippen LogP contribution in [0.2, 0.25) is 0 Å². The molecule has 0 radical (unpaired) electrons. The molecule has 0 heterocycles. The first-order chi connectivity index (χ1) is 9.97. The predicted molar refractivity (Wildman–Crippen MR) is 93.2 cm³/mol. The van der Waals surface area contributed by atoms with Crippen molar-refractivity contribution in [1.29, 1.82) is 0 Å². The van der Waals surface area contributed by atoms with Crippen LogP contribution in [-0.4, -0.2) is 0 Å². The van der Waals surface area contributed by atoms with E-state index in [1.807, 2.05) is 0 Å². The molecule has 0 fully saturated rings. The average Bonchev–Trinajstić information content (AvgIpc) is 2.47. The zero-order valence-electron chi connectivity index (χ0n) is 14.1. The van der Waals surface area contributed by atoms with Gasteiger partial charge in [-0.1, -0.05) is 83.1 Å². The fraction of sp³-hybridized carbons (Fsp3) is 0.429. The quantitative estimate of drug-likeness (QED) is 0.604. The number of rotatable bonds is 5. The maximum absolute atomic E-state index is 2.38. The van der Waals surface area contributed by atoms with Gasteiger partial charge in [-0.05, 0) is 46.4 Å². The number of hydrogen-bond acceptors (Lipinski definition) is 0. The molecule has 2 aromatic rings. The minimum Gasteiger partial charge on any atom is -0.0617 e. The summed E-state index contributed by atoms with van der Waals surface area (Å²) < 4.78 is 0. The van der Waals surface area contributed by atoms with Crippen molar-refractivity contribution in [3.63, 3.8) is 0 Å². The zero-order chi connectivity index (χ0) is 15.4. The largest absolute Gasteiger partial charge is 0.0617 e. The van der Waals surface area contributed by atoms with Gasteiger partial charge in [0.2, 0.25) is 0 Å². The van der Waals surface area contributed by atoms with E-state index in [2.05, 4.69) is 83.1 Å². The molecule has 21 heavy (non-hydrogen) atoms. The molecule has 0 amide bonds. The molecule has 0 spiro atoms. The molecule has 0 N–H and O–H groups in total. The van der Waals surface area contributed by atoms with Crippen LogP contribution >= 0.6 is 0 Å². The lowest BCUT2D eigenvalue weighted by Crippen LogP contribution is -2.01. The molecule has 2 rings (SSSR count). The van der Waals surface area contributed by atoms with Gasteiger partial charge in [0.15, 0.2) is 0 Å².